The molecule has 0 amide bonds. The molecule has 0 aliphatic heterocycles. The van der Waals surface area contributed by atoms with Gasteiger partial charge in [0.25, 0.3) is 0 Å². The summed E-state index contributed by atoms with van der Waals surface area (Å²) in [6, 6.07) is 51.0. The number of halogens is 1. The van der Waals surface area contributed by atoms with Crippen LogP contribution in [0.25, 0.3) is 44.3 Å². The lowest BCUT2D eigenvalue weighted by Crippen LogP contribution is -2.00. The van der Waals surface area contributed by atoms with Crippen LogP contribution in [-0.2, 0) is 6.54 Å². The van der Waals surface area contributed by atoms with Gasteiger partial charge in [-0.1, -0.05) is 134 Å². The number of alkyl halides is 1. The van der Waals surface area contributed by atoms with E-state index in [2.05, 4.69) is 156 Å². The molecule has 0 bridgehead atoms. The summed E-state index contributed by atoms with van der Waals surface area (Å²) in [6.45, 7) is 3.12. The number of nitrogens with zero attached hydrogens (tertiary/aromatic N) is 1. The first-order chi connectivity index (χ1) is 20.2. The van der Waals surface area contributed by atoms with Crippen LogP contribution in [-0.4, -0.2) is 15.4 Å². The fourth-order valence-corrected chi connectivity index (χ4v) is 5.91. The molecule has 1 N–H and O–H groups in total. The molecular formula is C38H33ClN2. The lowest BCUT2D eigenvalue weighted by atomic mass is 9.89. The zero-order chi connectivity index (χ0) is 28.0. The summed E-state index contributed by atoms with van der Waals surface area (Å²) in [4.78, 5) is 3.63. The fraction of sp³-hybridized carbons (Fsp3) is 0.105. The number of benzene rings is 5. The van der Waals surface area contributed by atoms with Crippen molar-refractivity contribution in [1.82, 2.24) is 9.55 Å². The van der Waals surface area contributed by atoms with Gasteiger partial charge in [-0.15, -0.1) is 11.6 Å². The topological polar surface area (TPSA) is 20.7 Å². The monoisotopic (exact) mass is 552 g/mol. The van der Waals surface area contributed by atoms with E-state index in [0.29, 0.717) is 11.8 Å². The molecule has 3 heteroatoms. The molecule has 0 saturated heterocycles. The van der Waals surface area contributed by atoms with Gasteiger partial charge in [0.05, 0.1) is 5.69 Å². The largest absolute Gasteiger partial charge is 0.354 e. The van der Waals surface area contributed by atoms with Crippen molar-refractivity contribution in [2.75, 3.05) is 5.88 Å². The van der Waals surface area contributed by atoms with Crippen molar-refractivity contribution in [3.63, 3.8) is 0 Å². The highest BCUT2D eigenvalue weighted by Crippen LogP contribution is 2.38. The Morgan fingerprint density at radius 1 is 0.659 bits per heavy atom. The van der Waals surface area contributed by atoms with Gasteiger partial charge < -0.3 is 9.55 Å². The molecule has 2 nitrogen and oxygen atoms in total. The Kier molecular flexibility index (Phi) is 8.02. The highest BCUT2D eigenvalue weighted by atomic mass is 35.5. The van der Waals surface area contributed by atoms with E-state index < -0.39 is 0 Å². The third-order valence-electron chi connectivity index (χ3n) is 7.73. The predicted octanol–water partition coefficient (Wildman–Crippen LogP) is 10.5. The van der Waals surface area contributed by atoms with E-state index in [4.69, 9.17) is 11.6 Å². The number of rotatable bonds is 6. The van der Waals surface area contributed by atoms with Gasteiger partial charge in [0, 0.05) is 45.8 Å². The molecule has 7 rings (SSSR count). The van der Waals surface area contributed by atoms with Crippen LogP contribution in [0.2, 0.25) is 0 Å². The Balaban J connectivity index is 0.000000152. The highest BCUT2D eigenvalue weighted by molar-refractivity contribution is 6.17. The van der Waals surface area contributed by atoms with Gasteiger partial charge in [0.2, 0.25) is 0 Å². The van der Waals surface area contributed by atoms with Crippen molar-refractivity contribution >= 4 is 33.4 Å². The number of para-hydroxylation sites is 2. The van der Waals surface area contributed by atoms with E-state index in [1.54, 1.807) is 0 Å². The molecule has 5 aromatic carbocycles. The number of H-pyrrole nitrogens is 1. The first-order valence-corrected chi connectivity index (χ1v) is 14.7. The molecule has 0 fully saturated rings. The number of fused-ring (bicyclic) bond motifs is 2. The minimum atomic E-state index is 0.336. The zero-order valence-corrected chi connectivity index (χ0v) is 23.9. The SMILES string of the molecule is CC(c1ccccc1)c1c(-c2ccccc2)[nH]c2ccccc12.ClCCn1c(-c2ccccc2)cc2ccccc21. The van der Waals surface area contributed by atoms with E-state index >= 15 is 0 Å². The second kappa shape index (κ2) is 12.3. The second-order valence-corrected chi connectivity index (χ2v) is 10.6. The maximum absolute atomic E-state index is 5.93. The molecule has 2 aromatic heterocycles. The Morgan fingerprint density at radius 3 is 1.95 bits per heavy atom. The third-order valence-corrected chi connectivity index (χ3v) is 7.90. The lowest BCUT2D eigenvalue weighted by molar-refractivity contribution is 0.811. The van der Waals surface area contributed by atoms with E-state index in [1.165, 1.54) is 55.4 Å². The fourth-order valence-electron chi connectivity index (χ4n) is 5.74. The van der Waals surface area contributed by atoms with Crippen molar-refractivity contribution in [3.05, 3.63) is 157 Å². The van der Waals surface area contributed by atoms with Crippen molar-refractivity contribution in [3.8, 4) is 22.5 Å². The quantitative estimate of drug-likeness (QED) is 0.198. The minimum absolute atomic E-state index is 0.336. The van der Waals surface area contributed by atoms with Crippen LogP contribution in [0, 0.1) is 0 Å². The molecule has 0 spiro atoms. The molecule has 202 valence electrons. The molecule has 2 heterocycles. The molecule has 41 heavy (non-hydrogen) atoms. The summed E-state index contributed by atoms with van der Waals surface area (Å²) in [5.74, 6) is 0.959. The number of hydrogen-bond donors (Lipinski definition) is 1. The van der Waals surface area contributed by atoms with Crippen LogP contribution in [0.15, 0.2) is 146 Å². The Morgan fingerprint density at radius 2 is 1.24 bits per heavy atom. The van der Waals surface area contributed by atoms with Gasteiger partial charge in [-0.3, -0.25) is 0 Å². The van der Waals surface area contributed by atoms with Crippen molar-refractivity contribution in [2.45, 2.75) is 19.4 Å². The predicted molar refractivity (Wildman–Crippen MR) is 176 cm³/mol. The first kappa shape index (κ1) is 26.7. The van der Waals surface area contributed by atoms with Crippen LogP contribution in [0.5, 0.6) is 0 Å². The molecule has 0 aliphatic rings. The summed E-state index contributed by atoms with van der Waals surface area (Å²) >= 11 is 5.93. The van der Waals surface area contributed by atoms with Gasteiger partial charge in [-0.25, -0.2) is 0 Å². The number of hydrogen-bond acceptors (Lipinski definition) is 0. The Hall–Kier alpha value is -4.53. The average molecular weight is 553 g/mol. The standard InChI is InChI=1S/C22H19N.C16H14ClN/c1-16(17-10-4-2-5-11-17)21-19-14-8-9-15-20(19)23-22(21)18-12-6-3-7-13-18;17-10-11-18-15-9-5-4-8-14(15)12-16(18)13-6-2-1-3-7-13/h2-16,23H,1H3;1-9,12H,10-11H2. The molecule has 0 aliphatic carbocycles. The van der Waals surface area contributed by atoms with Gasteiger partial charge in [0.1, 0.15) is 0 Å². The summed E-state index contributed by atoms with van der Waals surface area (Å²) in [7, 11) is 0. The summed E-state index contributed by atoms with van der Waals surface area (Å²) in [5, 5.41) is 2.57. The van der Waals surface area contributed by atoms with Crippen LogP contribution in [0.3, 0.4) is 0 Å². The zero-order valence-electron chi connectivity index (χ0n) is 23.2. The van der Waals surface area contributed by atoms with E-state index in [0.717, 1.165) is 6.54 Å². The molecule has 7 aromatic rings. The summed E-state index contributed by atoms with van der Waals surface area (Å²) in [6.07, 6.45) is 0. The van der Waals surface area contributed by atoms with Crippen LogP contribution < -0.4 is 0 Å². The van der Waals surface area contributed by atoms with Gasteiger partial charge >= 0.3 is 0 Å². The molecular weight excluding hydrogens is 520 g/mol. The van der Waals surface area contributed by atoms with E-state index in [-0.39, 0.29) is 0 Å². The van der Waals surface area contributed by atoms with Gasteiger partial charge in [0.15, 0.2) is 0 Å². The highest BCUT2D eigenvalue weighted by Gasteiger charge is 2.19. The maximum Gasteiger partial charge on any atom is 0.0503 e. The number of aryl methyl sites for hydroxylation is 1. The Labute approximate surface area is 246 Å². The average Bonchev–Trinajstić information content (AvgIpc) is 3.62. The van der Waals surface area contributed by atoms with Crippen molar-refractivity contribution in [1.29, 1.82) is 0 Å². The molecule has 1 unspecified atom stereocenters. The first-order valence-electron chi connectivity index (χ1n) is 14.1. The van der Waals surface area contributed by atoms with Crippen molar-refractivity contribution < 1.29 is 0 Å². The molecule has 0 radical (unpaired) electrons. The van der Waals surface area contributed by atoms with Crippen LogP contribution >= 0.6 is 11.6 Å². The van der Waals surface area contributed by atoms with Gasteiger partial charge in [-0.05, 0) is 40.5 Å². The summed E-state index contributed by atoms with van der Waals surface area (Å²) in [5.41, 5.74) is 10.1. The second-order valence-electron chi connectivity index (χ2n) is 10.3. The molecule has 1 atom stereocenters. The third kappa shape index (κ3) is 5.57. The summed E-state index contributed by atoms with van der Waals surface area (Å²) < 4.78 is 2.29. The Bertz CT molecular complexity index is 1850. The number of nitrogens with one attached hydrogen (secondary N) is 1. The van der Waals surface area contributed by atoms with Gasteiger partial charge in [-0.2, -0.15) is 0 Å². The van der Waals surface area contributed by atoms with Crippen LogP contribution in [0.1, 0.15) is 24.0 Å². The maximum atomic E-state index is 5.93. The lowest BCUT2D eigenvalue weighted by Gasteiger charge is -2.14. The number of aromatic amines is 1. The molecule has 0 saturated carbocycles. The van der Waals surface area contributed by atoms with Crippen molar-refractivity contribution in [2.24, 2.45) is 0 Å². The number of aromatic nitrogens is 2. The van der Waals surface area contributed by atoms with E-state index in [1.807, 2.05) is 6.07 Å². The minimum Gasteiger partial charge on any atom is -0.354 e. The van der Waals surface area contributed by atoms with Crippen LogP contribution in [0.4, 0.5) is 0 Å². The normalized spacial score (nSPS) is 11.8. The smallest absolute Gasteiger partial charge is 0.0503 e. The van der Waals surface area contributed by atoms with E-state index in [9.17, 15) is 0 Å².